The monoisotopic (exact) mass is 297 g/mol. The summed E-state index contributed by atoms with van der Waals surface area (Å²) in [5.41, 5.74) is 5.54. The number of carboxylic acid groups (broad SMARTS) is 1. The van der Waals surface area contributed by atoms with Crippen molar-refractivity contribution in [2.45, 2.75) is 40.0 Å². The zero-order chi connectivity index (χ0) is 15.9. The summed E-state index contributed by atoms with van der Waals surface area (Å²) in [4.78, 5) is 10.7. The first-order chi connectivity index (χ1) is 10.5. The van der Waals surface area contributed by atoms with E-state index in [-0.39, 0.29) is 6.42 Å². The Morgan fingerprint density at radius 2 is 1.91 bits per heavy atom. The van der Waals surface area contributed by atoms with E-state index in [0.717, 1.165) is 17.0 Å². The summed E-state index contributed by atoms with van der Waals surface area (Å²) in [5, 5.41) is 18.5. The van der Waals surface area contributed by atoms with Gasteiger partial charge in [-0.1, -0.05) is 11.6 Å². The third-order valence-electron chi connectivity index (χ3n) is 3.99. The SMILES string of the molecule is Cc1cc(C)c2c(c1)c(C)cc1nnc(CCCC(=O)O)n12. The number of fused-ring (bicyclic) bond motifs is 3. The molecule has 0 aliphatic heterocycles. The van der Waals surface area contributed by atoms with Crippen molar-refractivity contribution in [3.05, 3.63) is 40.7 Å². The third-order valence-corrected chi connectivity index (χ3v) is 3.99. The minimum absolute atomic E-state index is 0.150. The second-order valence-electron chi connectivity index (χ2n) is 5.86. The van der Waals surface area contributed by atoms with Gasteiger partial charge in [-0.3, -0.25) is 9.20 Å². The van der Waals surface area contributed by atoms with Crippen LogP contribution in [0.25, 0.3) is 16.6 Å². The molecule has 5 heteroatoms. The van der Waals surface area contributed by atoms with E-state index in [1.165, 1.54) is 22.1 Å². The van der Waals surface area contributed by atoms with Gasteiger partial charge < -0.3 is 5.11 Å². The molecule has 0 atom stereocenters. The smallest absolute Gasteiger partial charge is 0.303 e. The van der Waals surface area contributed by atoms with Crippen molar-refractivity contribution in [1.82, 2.24) is 14.6 Å². The topological polar surface area (TPSA) is 67.5 Å². The number of nitrogens with zero attached hydrogens (tertiary/aromatic N) is 3. The molecule has 0 radical (unpaired) electrons. The first kappa shape index (κ1) is 14.5. The van der Waals surface area contributed by atoms with Crippen LogP contribution in [-0.4, -0.2) is 25.7 Å². The van der Waals surface area contributed by atoms with Crippen LogP contribution >= 0.6 is 0 Å². The summed E-state index contributed by atoms with van der Waals surface area (Å²) < 4.78 is 2.07. The minimum Gasteiger partial charge on any atom is -0.481 e. The predicted octanol–water partition coefficient (Wildman–Crippen LogP) is 3.22. The van der Waals surface area contributed by atoms with E-state index in [2.05, 4.69) is 47.5 Å². The van der Waals surface area contributed by atoms with Crippen LogP contribution < -0.4 is 0 Å². The van der Waals surface area contributed by atoms with Crippen LogP contribution in [0.4, 0.5) is 0 Å². The fourth-order valence-electron chi connectivity index (χ4n) is 3.06. The first-order valence-electron chi connectivity index (χ1n) is 7.43. The molecule has 0 unspecified atom stereocenters. The number of carbonyl (C=O) groups is 1. The van der Waals surface area contributed by atoms with Crippen LogP contribution in [0, 0.1) is 20.8 Å². The van der Waals surface area contributed by atoms with Gasteiger partial charge in [0.05, 0.1) is 5.52 Å². The van der Waals surface area contributed by atoms with E-state index in [0.29, 0.717) is 12.8 Å². The summed E-state index contributed by atoms with van der Waals surface area (Å²) in [7, 11) is 0. The van der Waals surface area contributed by atoms with Gasteiger partial charge in [-0.05, 0) is 50.5 Å². The molecule has 114 valence electrons. The number of benzene rings is 1. The molecule has 0 fully saturated rings. The third kappa shape index (κ3) is 2.43. The molecule has 0 saturated carbocycles. The van der Waals surface area contributed by atoms with E-state index in [9.17, 15) is 4.79 Å². The summed E-state index contributed by atoms with van der Waals surface area (Å²) >= 11 is 0. The lowest BCUT2D eigenvalue weighted by atomic mass is 10.0. The Morgan fingerprint density at radius 3 is 2.64 bits per heavy atom. The lowest BCUT2D eigenvalue weighted by molar-refractivity contribution is -0.137. The summed E-state index contributed by atoms with van der Waals surface area (Å²) in [5.74, 6) is 0.0505. The van der Waals surface area contributed by atoms with Crippen LogP contribution in [-0.2, 0) is 11.2 Å². The van der Waals surface area contributed by atoms with Crippen LogP contribution in [0.2, 0.25) is 0 Å². The van der Waals surface area contributed by atoms with Gasteiger partial charge >= 0.3 is 5.97 Å². The van der Waals surface area contributed by atoms with E-state index in [4.69, 9.17) is 5.11 Å². The summed E-state index contributed by atoms with van der Waals surface area (Å²) in [6, 6.07) is 6.37. The van der Waals surface area contributed by atoms with Gasteiger partial charge in [0, 0.05) is 18.2 Å². The van der Waals surface area contributed by atoms with Crippen LogP contribution in [0.15, 0.2) is 18.2 Å². The Balaban J connectivity index is 2.20. The molecule has 0 aliphatic carbocycles. The van der Waals surface area contributed by atoms with Gasteiger partial charge in [-0.15, -0.1) is 10.2 Å². The van der Waals surface area contributed by atoms with Gasteiger partial charge in [0.25, 0.3) is 0 Å². The number of pyridine rings is 1. The Kier molecular flexibility index (Phi) is 3.56. The standard InChI is InChI=1S/C17H19N3O2/c1-10-7-12(3)17-13(8-10)11(2)9-15-19-18-14(20(15)17)5-4-6-16(21)22/h7-9H,4-6H2,1-3H3,(H,21,22). The molecule has 0 amide bonds. The molecule has 3 rings (SSSR count). The summed E-state index contributed by atoms with van der Waals surface area (Å²) in [6.45, 7) is 6.27. The molecule has 3 aromatic rings. The zero-order valence-electron chi connectivity index (χ0n) is 13.1. The molecule has 1 aromatic carbocycles. The molecule has 22 heavy (non-hydrogen) atoms. The fraction of sp³-hybridized carbons (Fsp3) is 0.353. The number of hydrogen-bond acceptors (Lipinski definition) is 3. The zero-order valence-corrected chi connectivity index (χ0v) is 13.1. The van der Waals surface area contributed by atoms with Gasteiger partial charge in [-0.25, -0.2) is 0 Å². The van der Waals surface area contributed by atoms with Crippen LogP contribution in [0.5, 0.6) is 0 Å². The van der Waals surface area contributed by atoms with Crippen molar-refractivity contribution in [3.63, 3.8) is 0 Å². The molecule has 0 saturated heterocycles. The van der Waals surface area contributed by atoms with E-state index < -0.39 is 5.97 Å². The van der Waals surface area contributed by atoms with Crippen LogP contribution in [0.1, 0.15) is 35.4 Å². The van der Waals surface area contributed by atoms with Gasteiger partial charge in [0.1, 0.15) is 5.82 Å². The molecular weight excluding hydrogens is 278 g/mol. The van der Waals surface area contributed by atoms with Crippen molar-refractivity contribution in [1.29, 1.82) is 0 Å². The highest BCUT2D eigenvalue weighted by atomic mass is 16.4. The highest BCUT2D eigenvalue weighted by Crippen LogP contribution is 2.26. The van der Waals surface area contributed by atoms with Crippen LogP contribution in [0.3, 0.4) is 0 Å². The lowest BCUT2D eigenvalue weighted by Gasteiger charge is -2.11. The largest absolute Gasteiger partial charge is 0.481 e. The van der Waals surface area contributed by atoms with Crippen molar-refractivity contribution in [3.8, 4) is 0 Å². The molecule has 2 heterocycles. The number of aromatic nitrogens is 3. The van der Waals surface area contributed by atoms with Gasteiger partial charge in [-0.2, -0.15) is 0 Å². The molecular formula is C17H19N3O2. The van der Waals surface area contributed by atoms with E-state index in [1.54, 1.807) is 0 Å². The number of rotatable bonds is 4. The first-order valence-corrected chi connectivity index (χ1v) is 7.43. The quantitative estimate of drug-likeness (QED) is 0.803. The normalized spacial score (nSPS) is 11.4. The maximum atomic E-state index is 10.7. The lowest BCUT2D eigenvalue weighted by Crippen LogP contribution is -2.02. The average molecular weight is 297 g/mol. The minimum atomic E-state index is -0.777. The fourth-order valence-corrected chi connectivity index (χ4v) is 3.06. The Hall–Kier alpha value is -2.43. The molecule has 0 bridgehead atoms. The molecule has 2 aromatic heterocycles. The number of hydrogen-bond donors (Lipinski definition) is 1. The Labute approximate surface area is 128 Å². The molecule has 1 N–H and O–H groups in total. The molecule has 5 nitrogen and oxygen atoms in total. The van der Waals surface area contributed by atoms with Crippen molar-refractivity contribution in [2.75, 3.05) is 0 Å². The molecule has 0 aliphatic rings. The van der Waals surface area contributed by atoms with E-state index >= 15 is 0 Å². The van der Waals surface area contributed by atoms with Crippen molar-refractivity contribution in [2.24, 2.45) is 0 Å². The van der Waals surface area contributed by atoms with E-state index in [1.807, 2.05) is 6.07 Å². The highest BCUT2D eigenvalue weighted by molar-refractivity contribution is 5.88. The number of carboxylic acids is 1. The maximum absolute atomic E-state index is 10.7. The van der Waals surface area contributed by atoms with Gasteiger partial charge in [0.15, 0.2) is 5.65 Å². The van der Waals surface area contributed by atoms with Crippen molar-refractivity contribution < 1.29 is 9.90 Å². The Bertz CT molecular complexity index is 881. The second-order valence-corrected chi connectivity index (χ2v) is 5.86. The van der Waals surface area contributed by atoms with Crippen molar-refractivity contribution >= 4 is 22.5 Å². The molecule has 0 spiro atoms. The number of aliphatic carboxylic acids is 1. The summed E-state index contributed by atoms with van der Waals surface area (Å²) in [6.07, 6.45) is 1.33. The second kappa shape index (κ2) is 5.40. The predicted molar refractivity (Wildman–Crippen MR) is 85.3 cm³/mol. The highest BCUT2D eigenvalue weighted by Gasteiger charge is 2.13. The number of aryl methyl sites for hydroxylation is 4. The average Bonchev–Trinajstić information content (AvgIpc) is 2.81. The Morgan fingerprint density at radius 1 is 1.14 bits per heavy atom. The maximum Gasteiger partial charge on any atom is 0.303 e. The van der Waals surface area contributed by atoms with Gasteiger partial charge in [0.2, 0.25) is 0 Å².